The van der Waals surface area contributed by atoms with Crippen LogP contribution in [0.1, 0.15) is 57.2 Å². The van der Waals surface area contributed by atoms with Crippen molar-refractivity contribution >= 4 is 5.69 Å². The third-order valence-electron chi connectivity index (χ3n) is 7.20. The van der Waals surface area contributed by atoms with E-state index in [0.29, 0.717) is 0 Å². The topological polar surface area (TPSA) is 41.5 Å². The van der Waals surface area contributed by atoms with E-state index in [2.05, 4.69) is 94.3 Å². The van der Waals surface area contributed by atoms with Gasteiger partial charge in [-0.2, -0.15) is 0 Å². The molecule has 2 aliphatic rings. The first-order chi connectivity index (χ1) is 20.6. The second kappa shape index (κ2) is 18.1. The molecular formula is C37H50N4O. The lowest BCUT2D eigenvalue weighted by Gasteiger charge is -2.26. The quantitative estimate of drug-likeness (QED) is 0.242. The molecule has 0 aliphatic carbocycles. The van der Waals surface area contributed by atoms with Gasteiger partial charge in [-0.05, 0) is 78.8 Å². The zero-order chi connectivity index (χ0) is 30.2. The van der Waals surface area contributed by atoms with Gasteiger partial charge in [0.2, 0.25) is 0 Å². The van der Waals surface area contributed by atoms with Crippen LogP contribution in [0.3, 0.4) is 0 Å². The molecule has 4 heterocycles. The number of hydrogen-bond acceptors (Lipinski definition) is 5. The largest absolute Gasteiger partial charge is 0.379 e. The molecule has 2 aromatic heterocycles. The Hall–Kier alpha value is -3.54. The van der Waals surface area contributed by atoms with Crippen molar-refractivity contribution in [3.63, 3.8) is 0 Å². The molecule has 0 N–H and O–H groups in total. The van der Waals surface area contributed by atoms with Crippen LogP contribution in [-0.4, -0.2) is 54.3 Å². The summed E-state index contributed by atoms with van der Waals surface area (Å²) in [5.41, 5.74) is 9.98. The minimum absolute atomic E-state index is 0.854. The van der Waals surface area contributed by atoms with Gasteiger partial charge in [0.05, 0.1) is 13.2 Å². The van der Waals surface area contributed by atoms with Gasteiger partial charge in [0.15, 0.2) is 0 Å². The summed E-state index contributed by atoms with van der Waals surface area (Å²) in [5, 5.41) is 0. The summed E-state index contributed by atoms with van der Waals surface area (Å²) in [6, 6.07) is 22.0. The van der Waals surface area contributed by atoms with Gasteiger partial charge in [-0.15, -0.1) is 0 Å². The van der Waals surface area contributed by atoms with E-state index in [0.717, 1.165) is 32.8 Å². The molecule has 5 heteroatoms. The first-order valence-corrected chi connectivity index (χ1v) is 15.7. The molecule has 5 nitrogen and oxygen atoms in total. The van der Waals surface area contributed by atoms with Crippen LogP contribution in [0, 0.1) is 13.8 Å². The molecule has 0 radical (unpaired) electrons. The Bertz CT molecular complexity index is 1310. The highest BCUT2D eigenvalue weighted by Crippen LogP contribution is 2.27. The third-order valence-corrected chi connectivity index (χ3v) is 7.20. The summed E-state index contributed by atoms with van der Waals surface area (Å²) >= 11 is 0. The summed E-state index contributed by atoms with van der Waals surface area (Å²) < 4.78 is 5.38. The number of aryl methyl sites for hydroxylation is 2. The number of rotatable bonds is 5. The third kappa shape index (κ3) is 10.1. The summed E-state index contributed by atoms with van der Waals surface area (Å²) in [6.07, 6.45) is 10.3. The monoisotopic (exact) mass is 566 g/mol. The first-order valence-electron chi connectivity index (χ1n) is 15.7. The molecule has 0 atom stereocenters. The average Bonchev–Trinajstić information content (AvgIpc) is 3.60. The van der Waals surface area contributed by atoms with Crippen LogP contribution in [0.5, 0.6) is 0 Å². The number of ether oxygens (including phenoxy) is 1. The van der Waals surface area contributed by atoms with E-state index in [1.54, 1.807) is 0 Å². The lowest BCUT2D eigenvalue weighted by atomic mass is 10.0. The number of morpholine rings is 1. The Morgan fingerprint density at radius 1 is 0.619 bits per heavy atom. The van der Waals surface area contributed by atoms with E-state index in [1.165, 1.54) is 70.6 Å². The molecule has 2 aliphatic heterocycles. The highest BCUT2D eigenvalue weighted by molar-refractivity contribution is 5.68. The molecule has 0 amide bonds. The summed E-state index contributed by atoms with van der Waals surface area (Å²) in [6.45, 7) is 19.3. The zero-order valence-corrected chi connectivity index (χ0v) is 26.6. The summed E-state index contributed by atoms with van der Waals surface area (Å²) in [5.74, 6) is 0. The van der Waals surface area contributed by atoms with E-state index in [9.17, 15) is 0 Å². The van der Waals surface area contributed by atoms with Crippen LogP contribution in [0.4, 0.5) is 5.69 Å². The molecule has 224 valence electrons. The standard InChI is InChI=1S/C17H20N2O.C16H18N2.2C2H6/c1-14-10-17(12-18-11-14)16-4-2-15(3-5-16)13-19-6-8-20-9-7-19;1-13-9-15(12-17-11-13)14-5-4-6-16(10-14)18-7-2-3-8-18;2*1-2/h2-5,10-12H,6-9,13H2,1H3;4-6,9-12H,2-3,7-8H2,1H3;2*1-2H3. The second-order valence-electron chi connectivity index (χ2n) is 10.3. The molecule has 6 rings (SSSR count). The van der Waals surface area contributed by atoms with Crippen LogP contribution in [0.15, 0.2) is 85.5 Å². The molecule has 0 saturated carbocycles. The molecule has 0 bridgehead atoms. The minimum atomic E-state index is 0.854. The van der Waals surface area contributed by atoms with Crippen LogP contribution in [0.25, 0.3) is 22.3 Å². The van der Waals surface area contributed by atoms with Crippen LogP contribution < -0.4 is 4.90 Å². The fraction of sp³-hybridized carbons (Fsp3) is 0.405. The number of nitrogens with zero attached hydrogens (tertiary/aromatic N) is 4. The lowest BCUT2D eigenvalue weighted by molar-refractivity contribution is 0.0342. The van der Waals surface area contributed by atoms with Gasteiger partial charge in [0.1, 0.15) is 0 Å². The van der Waals surface area contributed by atoms with Crippen molar-refractivity contribution in [2.45, 2.75) is 60.9 Å². The number of anilines is 1. The van der Waals surface area contributed by atoms with Gasteiger partial charge in [-0.25, -0.2) is 0 Å². The maximum Gasteiger partial charge on any atom is 0.0594 e. The Morgan fingerprint density at radius 3 is 1.76 bits per heavy atom. The van der Waals surface area contributed by atoms with Gasteiger partial charge >= 0.3 is 0 Å². The molecule has 2 fully saturated rings. The van der Waals surface area contributed by atoms with E-state index in [-0.39, 0.29) is 0 Å². The molecule has 2 aromatic carbocycles. The number of aromatic nitrogens is 2. The highest BCUT2D eigenvalue weighted by atomic mass is 16.5. The van der Waals surface area contributed by atoms with Gasteiger partial charge in [-0.1, -0.05) is 64.1 Å². The van der Waals surface area contributed by atoms with Crippen molar-refractivity contribution in [1.29, 1.82) is 0 Å². The Kier molecular flexibility index (Phi) is 14.2. The molecule has 2 saturated heterocycles. The van der Waals surface area contributed by atoms with Crippen LogP contribution in [0.2, 0.25) is 0 Å². The van der Waals surface area contributed by atoms with Crippen LogP contribution in [-0.2, 0) is 11.3 Å². The van der Waals surface area contributed by atoms with Crippen molar-refractivity contribution in [2.75, 3.05) is 44.3 Å². The summed E-state index contributed by atoms with van der Waals surface area (Å²) in [4.78, 5) is 13.4. The first kappa shape index (κ1) is 33.0. The zero-order valence-electron chi connectivity index (χ0n) is 26.6. The highest BCUT2D eigenvalue weighted by Gasteiger charge is 2.13. The Balaban J connectivity index is 0.000000207. The normalized spacial score (nSPS) is 14.5. The molecule has 0 unspecified atom stereocenters. The predicted octanol–water partition coefficient (Wildman–Crippen LogP) is 8.60. The van der Waals surface area contributed by atoms with Gasteiger partial charge in [-0.3, -0.25) is 14.9 Å². The van der Waals surface area contributed by atoms with Crippen molar-refractivity contribution in [1.82, 2.24) is 14.9 Å². The number of pyridine rings is 2. The maximum absolute atomic E-state index is 5.38. The average molecular weight is 567 g/mol. The molecule has 42 heavy (non-hydrogen) atoms. The van der Waals surface area contributed by atoms with E-state index >= 15 is 0 Å². The number of hydrogen-bond donors (Lipinski definition) is 0. The predicted molar refractivity (Wildman–Crippen MR) is 179 cm³/mol. The fourth-order valence-corrected chi connectivity index (χ4v) is 5.10. The molecular weight excluding hydrogens is 516 g/mol. The number of benzene rings is 2. The Morgan fingerprint density at radius 2 is 1.19 bits per heavy atom. The van der Waals surface area contributed by atoms with E-state index < -0.39 is 0 Å². The fourth-order valence-electron chi connectivity index (χ4n) is 5.10. The molecule has 4 aromatic rings. The second-order valence-corrected chi connectivity index (χ2v) is 10.3. The maximum atomic E-state index is 5.38. The van der Waals surface area contributed by atoms with Crippen LogP contribution >= 0.6 is 0 Å². The van der Waals surface area contributed by atoms with Gasteiger partial charge < -0.3 is 9.64 Å². The van der Waals surface area contributed by atoms with E-state index in [1.807, 2.05) is 52.5 Å². The molecule has 0 spiro atoms. The SMILES string of the molecule is CC.CC.Cc1cncc(-c2ccc(CN3CCOCC3)cc2)c1.Cc1cncc(-c2cccc(N3CCCC3)c2)c1. The summed E-state index contributed by atoms with van der Waals surface area (Å²) in [7, 11) is 0. The van der Waals surface area contributed by atoms with Crippen molar-refractivity contribution in [2.24, 2.45) is 0 Å². The van der Waals surface area contributed by atoms with Gasteiger partial charge in [0, 0.05) is 74.3 Å². The van der Waals surface area contributed by atoms with Gasteiger partial charge in [0.25, 0.3) is 0 Å². The van der Waals surface area contributed by atoms with Crippen molar-refractivity contribution < 1.29 is 4.74 Å². The van der Waals surface area contributed by atoms with E-state index in [4.69, 9.17) is 4.74 Å². The van der Waals surface area contributed by atoms with Crippen molar-refractivity contribution in [3.8, 4) is 22.3 Å². The smallest absolute Gasteiger partial charge is 0.0594 e. The lowest BCUT2D eigenvalue weighted by Crippen LogP contribution is -2.35. The Labute approximate surface area is 254 Å². The van der Waals surface area contributed by atoms with Crippen molar-refractivity contribution in [3.05, 3.63) is 102 Å². The minimum Gasteiger partial charge on any atom is -0.379 e.